The summed E-state index contributed by atoms with van der Waals surface area (Å²) >= 11 is 0. The first-order chi connectivity index (χ1) is 16.3. The van der Waals surface area contributed by atoms with E-state index in [1.54, 1.807) is 16.8 Å². The minimum atomic E-state index is -4.15. The Morgan fingerprint density at radius 3 is 2.21 bits per heavy atom. The van der Waals surface area contributed by atoms with Gasteiger partial charge in [0.25, 0.3) is 10.0 Å². The number of rotatable bonds is 7. The quantitative estimate of drug-likeness (QED) is 0.403. The zero-order valence-electron chi connectivity index (χ0n) is 18.9. The normalized spacial score (nSPS) is 11.4. The molecule has 8 heteroatoms. The van der Waals surface area contributed by atoms with E-state index in [1.807, 2.05) is 74.6 Å². The molecule has 1 amide bonds. The third-order valence-corrected chi connectivity index (χ3v) is 7.40. The molecule has 1 heterocycles. The molecular formula is C26H25N3O4S. The van der Waals surface area contributed by atoms with Crippen LogP contribution in [0.2, 0.25) is 0 Å². The first-order valence-electron chi connectivity index (χ1n) is 10.8. The monoisotopic (exact) mass is 475 g/mol. The summed E-state index contributed by atoms with van der Waals surface area (Å²) in [6, 6.07) is 23.6. The van der Waals surface area contributed by atoms with Crippen LogP contribution in [0.25, 0.3) is 16.8 Å². The summed E-state index contributed by atoms with van der Waals surface area (Å²) in [7, 11) is -4.15. The lowest BCUT2D eigenvalue weighted by Gasteiger charge is -2.19. The van der Waals surface area contributed by atoms with Gasteiger partial charge in [0.15, 0.2) is 0 Å². The summed E-state index contributed by atoms with van der Waals surface area (Å²) < 4.78 is 28.0. The Bertz CT molecular complexity index is 1390. The van der Waals surface area contributed by atoms with Crippen molar-refractivity contribution in [1.29, 1.82) is 0 Å². The summed E-state index contributed by atoms with van der Waals surface area (Å²) in [5, 5.41) is 14.2. The summed E-state index contributed by atoms with van der Waals surface area (Å²) in [5.41, 5.74) is 5.62. The molecule has 3 aromatic carbocycles. The SMILES string of the molecule is Cc1ccc(S(=O)(=O)N(CCc2ccc(-n3cc(-c4ccccc4)c(C)n3)cc2)C(=O)O)cc1. The third-order valence-electron chi connectivity index (χ3n) is 5.61. The minimum absolute atomic E-state index is 0.0425. The zero-order chi connectivity index (χ0) is 24.3. The van der Waals surface area contributed by atoms with Crippen LogP contribution in [0.1, 0.15) is 16.8 Å². The summed E-state index contributed by atoms with van der Waals surface area (Å²) in [6.45, 7) is 3.62. The van der Waals surface area contributed by atoms with Gasteiger partial charge in [-0.05, 0) is 55.7 Å². The maximum atomic E-state index is 12.8. The third kappa shape index (κ3) is 4.87. The standard InChI is InChI=1S/C26H25N3O4S/c1-19-8-14-24(15-9-19)34(32,33)29(26(30)31)17-16-21-10-12-23(13-11-21)28-18-25(20(2)27-28)22-6-4-3-5-7-22/h3-15,18H,16-17H2,1-2H3,(H,30,31). The molecule has 0 atom stereocenters. The number of hydrogen-bond acceptors (Lipinski definition) is 4. The number of aryl methyl sites for hydroxylation is 2. The molecule has 34 heavy (non-hydrogen) atoms. The molecule has 7 nitrogen and oxygen atoms in total. The highest BCUT2D eigenvalue weighted by Gasteiger charge is 2.28. The van der Waals surface area contributed by atoms with Gasteiger partial charge in [0, 0.05) is 18.3 Å². The minimum Gasteiger partial charge on any atom is -0.464 e. The average molecular weight is 476 g/mol. The average Bonchev–Trinajstić information content (AvgIpc) is 3.21. The van der Waals surface area contributed by atoms with E-state index in [1.165, 1.54) is 12.1 Å². The number of carbonyl (C=O) groups is 1. The number of hydrogen-bond donors (Lipinski definition) is 1. The molecule has 0 saturated heterocycles. The van der Waals surface area contributed by atoms with Crippen LogP contribution in [-0.2, 0) is 16.4 Å². The van der Waals surface area contributed by atoms with Crippen LogP contribution in [0.3, 0.4) is 0 Å². The van der Waals surface area contributed by atoms with Gasteiger partial charge < -0.3 is 5.11 Å². The highest BCUT2D eigenvalue weighted by Crippen LogP contribution is 2.24. The van der Waals surface area contributed by atoms with Crippen LogP contribution in [-0.4, -0.2) is 40.2 Å². The van der Waals surface area contributed by atoms with Crippen molar-refractivity contribution in [3.8, 4) is 16.8 Å². The van der Waals surface area contributed by atoms with E-state index in [-0.39, 0.29) is 17.9 Å². The molecule has 0 radical (unpaired) electrons. The van der Waals surface area contributed by atoms with Gasteiger partial charge in [-0.1, -0.05) is 60.2 Å². The Balaban J connectivity index is 1.49. The van der Waals surface area contributed by atoms with Crippen LogP contribution in [0.4, 0.5) is 4.79 Å². The van der Waals surface area contributed by atoms with E-state index in [2.05, 4.69) is 5.10 Å². The molecule has 4 aromatic rings. The van der Waals surface area contributed by atoms with E-state index in [0.29, 0.717) is 4.31 Å². The molecule has 0 spiro atoms. The predicted octanol–water partition coefficient (Wildman–Crippen LogP) is 5.07. The topological polar surface area (TPSA) is 92.5 Å². The van der Waals surface area contributed by atoms with Gasteiger partial charge >= 0.3 is 6.09 Å². The number of amides is 1. The highest BCUT2D eigenvalue weighted by molar-refractivity contribution is 7.89. The van der Waals surface area contributed by atoms with Crippen molar-refractivity contribution in [2.24, 2.45) is 0 Å². The summed E-state index contributed by atoms with van der Waals surface area (Å²) in [5.74, 6) is 0. The lowest BCUT2D eigenvalue weighted by Crippen LogP contribution is -2.37. The van der Waals surface area contributed by atoms with Gasteiger partial charge in [-0.2, -0.15) is 5.10 Å². The lowest BCUT2D eigenvalue weighted by molar-refractivity contribution is 0.172. The Hall–Kier alpha value is -3.91. The first-order valence-corrected chi connectivity index (χ1v) is 12.2. The molecule has 0 aliphatic heterocycles. The summed E-state index contributed by atoms with van der Waals surface area (Å²) in [6.07, 6.45) is 0.725. The molecule has 174 valence electrons. The molecule has 0 aliphatic rings. The van der Waals surface area contributed by atoms with Crippen molar-refractivity contribution in [3.05, 3.63) is 102 Å². The fourth-order valence-electron chi connectivity index (χ4n) is 3.70. The van der Waals surface area contributed by atoms with E-state index in [0.717, 1.165) is 33.6 Å². The van der Waals surface area contributed by atoms with Crippen molar-refractivity contribution >= 4 is 16.1 Å². The van der Waals surface area contributed by atoms with Crippen molar-refractivity contribution < 1.29 is 18.3 Å². The number of nitrogens with zero attached hydrogens (tertiary/aromatic N) is 3. The van der Waals surface area contributed by atoms with Gasteiger partial charge in [-0.3, -0.25) is 0 Å². The summed E-state index contributed by atoms with van der Waals surface area (Å²) in [4.78, 5) is 11.7. The molecule has 1 aromatic heterocycles. The van der Waals surface area contributed by atoms with Gasteiger partial charge in [0.1, 0.15) is 0 Å². The molecule has 0 fully saturated rings. The lowest BCUT2D eigenvalue weighted by atomic mass is 10.1. The number of sulfonamides is 1. The molecule has 0 saturated carbocycles. The van der Waals surface area contributed by atoms with Gasteiger partial charge in [0.2, 0.25) is 0 Å². The number of benzene rings is 3. The maximum Gasteiger partial charge on any atom is 0.421 e. The van der Waals surface area contributed by atoms with Crippen LogP contribution in [0, 0.1) is 13.8 Å². The van der Waals surface area contributed by atoms with E-state index >= 15 is 0 Å². The largest absolute Gasteiger partial charge is 0.464 e. The molecule has 1 N–H and O–H groups in total. The second-order valence-electron chi connectivity index (χ2n) is 8.03. The van der Waals surface area contributed by atoms with Gasteiger partial charge in [-0.25, -0.2) is 22.2 Å². The molecular weight excluding hydrogens is 450 g/mol. The Morgan fingerprint density at radius 2 is 1.59 bits per heavy atom. The molecule has 0 aliphatic carbocycles. The van der Waals surface area contributed by atoms with Crippen LogP contribution in [0.5, 0.6) is 0 Å². The molecule has 0 unspecified atom stereocenters. The van der Waals surface area contributed by atoms with E-state index in [9.17, 15) is 18.3 Å². The van der Waals surface area contributed by atoms with Crippen molar-refractivity contribution in [2.45, 2.75) is 25.2 Å². The van der Waals surface area contributed by atoms with E-state index < -0.39 is 16.1 Å². The second kappa shape index (κ2) is 9.52. The zero-order valence-corrected chi connectivity index (χ0v) is 19.7. The van der Waals surface area contributed by atoms with Gasteiger partial charge in [0.05, 0.1) is 16.3 Å². The predicted molar refractivity (Wildman–Crippen MR) is 131 cm³/mol. The smallest absolute Gasteiger partial charge is 0.421 e. The Morgan fingerprint density at radius 1 is 0.941 bits per heavy atom. The maximum absolute atomic E-state index is 12.8. The van der Waals surface area contributed by atoms with Gasteiger partial charge in [-0.15, -0.1) is 0 Å². The molecule has 4 rings (SSSR count). The van der Waals surface area contributed by atoms with Crippen LogP contribution >= 0.6 is 0 Å². The Kier molecular flexibility index (Phi) is 6.51. The molecule has 0 bridgehead atoms. The van der Waals surface area contributed by atoms with Crippen molar-refractivity contribution in [1.82, 2.24) is 14.1 Å². The fraction of sp³-hybridized carbons (Fsp3) is 0.154. The van der Waals surface area contributed by atoms with Crippen LogP contribution < -0.4 is 0 Å². The number of aromatic nitrogens is 2. The number of carboxylic acid groups (broad SMARTS) is 1. The fourth-order valence-corrected chi connectivity index (χ4v) is 4.97. The first kappa shape index (κ1) is 23.3. The van der Waals surface area contributed by atoms with E-state index in [4.69, 9.17) is 0 Å². The highest BCUT2D eigenvalue weighted by atomic mass is 32.2. The van der Waals surface area contributed by atoms with Crippen LogP contribution in [0.15, 0.2) is 90.0 Å². The second-order valence-corrected chi connectivity index (χ2v) is 9.89. The Labute approximate surface area is 199 Å². The van der Waals surface area contributed by atoms with Crippen molar-refractivity contribution in [2.75, 3.05) is 6.54 Å². The van der Waals surface area contributed by atoms with Crippen molar-refractivity contribution in [3.63, 3.8) is 0 Å².